The minimum absolute atomic E-state index is 0.0946. The van der Waals surface area contributed by atoms with E-state index in [4.69, 9.17) is 9.47 Å². The smallest absolute Gasteiger partial charge is 0.253 e. The number of halogens is 1. The molecule has 218 valence electrons. The first-order valence-corrected chi connectivity index (χ1v) is 14.7. The molecule has 3 amide bonds. The largest absolute Gasteiger partial charge is 0.497 e. The number of hydrogen-bond acceptors (Lipinski definition) is 6. The van der Waals surface area contributed by atoms with E-state index in [1.807, 2.05) is 13.8 Å². The first kappa shape index (κ1) is 30.3. The van der Waals surface area contributed by atoms with Gasteiger partial charge >= 0.3 is 0 Å². The number of likely N-dealkylation sites (tertiary alicyclic amines) is 1. The van der Waals surface area contributed by atoms with Crippen LogP contribution in [0.15, 0.2) is 49.6 Å². The Hall–Kier alpha value is -2.69. The van der Waals surface area contributed by atoms with Crippen LogP contribution in [0.4, 0.5) is 5.69 Å². The first-order chi connectivity index (χ1) is 19.1. The van der Waals surface area contributed by atoms with Crippen molar-refractivity contribution in [1.29, 1.82) is 0 Å². The number of anilines is 1. The van der Waals surface area contributed by atoms with Crippen LogP contribution in [0.2, 0.25) is 0 Å². The van der Waals surface area contributed by atoms with Crippen LogP contribution in [0.5, 0.6) is 5.75 Å². The van der Waals surface area contributed by atoms with Crippen LogP contribution >= 0.6 is 15.9 Å². The number of rotatable bonds is 12. The van der Waals surface area contributed by atoms with E-state index in [0.29, 0.717) is 30.8 Å². The maximum absolute atomic E-state index is 14.7. The number of nitrogens with zero attached hydrogens (tertiary/aromatic N) is 3. The molecule has 1 spiro atoms. The molecule has 8 atom stereocenters. The molecule has 9 nitrogen and oxygen atoms in total. The van der Waals surface area contributed by atoms with Gasteiger partial charge in [0.15, 0.2) is 0 Å². The van der Waals surface area contributed by atoms with Crippen LogP contribution in [0.1, 0.15) is 26.7 Å². The monoisotopic (exact) mass is 617 g/mol. The summed E-state index contributed by atoms with van der Waals surface area (Å²) < 4.78 is 11.9. The van der Waals surface area contributed by atoms with E-state index >= 15 is 0 Å². The van der Waals surface area contributed by atoms with Crippen molar-refractivity contribution in [3.05, 3.63) is 49.6 Å². The zero-order valence-electron chi connectivity index (χ0n) is 23.7. The number of likely N-dealkylation sites (N-methyl/N-ethyl adjacent to an activating group) is 1. The zero-order chi connectivity index (χ0) is 29.4. The van der Waals surface area contributed by atoms with Crippen molar-refractivity contribution in [1.82, 2.24) is 9.80 Å². The highest BCUT2D eigenvalue weighted by atomic mass is 79.9. The van der Waals surface area contributed by atoms with E-state index in [2.05, 4.69) is 29.1 Å². The van der Waals surface area contributed by atoms with Gasteiger partial charge in [0.1, 0.15) is 17.4 Å². The van der Waals surface area contributed by atoms with Gasteiger partial charge in [-0.2, -0.15) is 0 Å². The summed E-state index contributed by atoms with van der Waals surface area (Å²) in [5.74, 6) is -1.94. The third-order valence-electron chi connectivity index (χ3n) is 8.83. The SMILES string of the molecule is C=CCN(C)C(=O)[C@H]1[C@H]2C(=O)N([C@@H](CO)[C@@H](C)CC)C(C(=O)N(CC=C)c3ccc(OC)cc3)C23CC(Br)[C@@H]1O3. The summed E-state index contributed by atoms with van der Waals surface area (Å²) in [6.07, 6.45) is 3.79. The molecule has 2 bridgehead atoms. The molecule has 3 heterocycles. The standard InChI is InChI=1S/C30H40BrN3O6/c1-7-14-32(5)27(36)23-24-28(37)34(22(17-35)18(4)9-3)26(30(24)16-21(31)25(23)40-30)29(38)33(15-8-2)19-10-12-20(39-6)13-11-19/h7-8,10-13,18,21-26,35H,1-2,9,14-17H2,3-6H3/t18-,21?,22-,23-,24-,25-,26?,30?/m0/s1. The van der Waals surface area contributed by atoms with Gasteiger partial charge in [0.25, 0.3) is 5.91 Å². The lowest BCUT2D eigenvalue weighted by Gasteiger charge is -2.41. The second-order valence-corrected chi connectivity index (χ2v) is 12.2. The third-order valence-corrected chi connectivity index (χ3v) is 9.68. The van der Waals surface area contributed by atoms with Crippen LogP contribution in [-0.2, 0) is 19.1 Å². The number of benzene rings is 1. The van der Waals surface area contributed by atoms with E-state index in [9.17, 15) is 19.5 Å². The molecular formula is C30H40BrN3O6. The van der Waals surface area contributed by atoms with Crippen LogP contribution in [0.25, 0.3) is 0 Å². The summed E-state index contributed by atoms with van der Waals surface area (Å²) >= 11 is 3.72. The zero-order valence-corrected chi connectivity index (χ0v) is 25.2. The molecule has 3 aliphatic heterocycles. The summed E-state index contributed by atoms with van der Waals surface area (Å²) in [5, 5.41) is 10.6. The van der Waals surface area contributed by atoms with Gasteiger partial charge in [0.05, 0.1) is 37.7 Å². The molecule has 0 radical (unpaired) electrons. The van der Waals surface area contributed by atoms with Crippen molar-refractivity contribution < 1.29 is 29.0 Å². The average Bonchev–Trinajstić information content (AvgIpc) is 3.55. The lowest BCUT2D eigenvalue weighted by molar-refractivity contribution is -0.147. The van der Waals surface area contributed by atoms with E-state index in [1.54, 1.807) is 60.4 Å². The fourth-order valence-electron chi connectivity index (χ4n) is 6.70. The molecule has 0 saturated carbocycles. The Labute approximate surface area is 244 Å². The van der Waals surface area contributed by atoms with Gasteiger partial charge in [0.2, 0.25) is 11.8 Å². The highest BCUT2D eigenvalue weighted by Crippen LogP contribution is 2.61. The Morgan fingerprint density at radius 3 is 2.45 bits per heavy atom. The quantitative estimate of drug-likeness (QED) is 0.286. The Bertz CT molecular complexity index is 1140. The number of ether oxygens (including phenoxy) is 2. The Kier molecular flexibility index (Phi) is 9.11. The molecular weight excluding hydrogens is 578 g/mol. The Balaban J connectivity index is 1.85. The highest BCUT2D eigenvalue weighted by molar-refractivity contribution is 9.09. The maximum atomic E-state index is 14.7. The lowest BCUT2D eigenvalue weighted by atomic mass is 9.70. The van der Waals surface area contributed by atoms with Gasteiger partial charge in [-0.25, -0.2) is 0 Å². The van der Waals surface area contributed by atoms with Crippen molar-refractivity contribution >= 4 is 39.3 Å². The van der Waals surface area contributed by atoms with E-state index < -0.39 is 35.6 Å². The summed E-state index contributed by atoms with van der Waals surface area (Å²) in [7, 11) is 3.25. The molecule has 10 heteroatoms. The Morgan fingerprint density at radius 1 is 1.25 bits per heavy atom. The molecule has 3 saturated heterocycles. The van der Waals surface area contributed by atoms with Crippen molar-refractivity contribution in [2.75, 3.05) is 38.8 Å². The average molecular weight is 619 g/mol. The minimum Gasteiger partial charge on any atom is -0.497 e. The van der Waals surface area contributed by atoms with Crippen LogP contribution in [0.3, 0.4) is 0 Å². The fourth-order valence-corrected chi connectivity index (χ4v) is 7.64. The number of amides is 3. The van der Waals surface area contributed by atoms with Gasteiger partial charge in [-0.3, -0.25) is 14.4 Å². The number of fused-ring (bicyclic) bond motifs is 1. The van der Waals surface area contributed by atoms with Gasteiger partial charge in [-0.05, 0) is 36.6 Å². The number of aliphatic hydroxyl groups excluding tert-OH is 1. The number of carbonyl (C=O) groups is 3. The molecule has 40 heavy (non-hydrogen) atoms. The molecule has 1 N–H and O–H groups in total. The Morgan fingerprint density at radius 2 is 1.90 bits per heavy atom. The molecule has 3 fully saturated rings. The van der Waals surface area contributed by atoms with Crippen LogP contribution in [-0.4, -0.2) is 95.1 Å². The van der Waals surface area contributed by atoms with Crippen molar-refractivity contribution in [3.8, 4) is 5.75 Å². The molecule has 4 rings (SSSR count). The number of methoxy groups -OCH3 is 1. The molecule has 3 unspecified atom stereocenters. The molecule has 0 aliphatic carbocycles. The maximum Gasteiger partial charge on any atom is 0.253 e. The van der Waals surface area contributed by atoms with E-state index in [-0.39, 0.29) is 41.6 Å². The highest BCUT2D eigenvalue weighted by Gasteiger charge is 2.77. The number of carbonyl (C=O) groups excluding carboxylic acids is 3. The van der Waals surface area contributed by atoms with Crippen molar-refractivity contribution in [3.63, 3.8) is 0 Å². The predicted molar refractivity (Wildman–Crippen MR) is 156 cm³/mol. The second kappa shape index (κ2) is 12.0. The summed E-state index contributed by atoms with van der Waals surface area (Å²) in [6, 6.07) is 5.45. The first-order valence-electron chi connectivity index (χ1n) is 13.8. The van der Waals surface area contributed by atoms with Gasteiger partial charge in [-0.1, -0.05) is 48.4 Å². The number of aliphatic hydroxyl groups is 1. The second-order valence-electron chi connectivity index (χ2n) is 11.0. The van der Waals surface area contributed by atoms with Gasteiger partial charge in [-0.15, -0.1) is 13.2 Å². The predicted octanol–water partition coefficient (Wildman–Crippen LogP) is 3.01. The summed E-state index contributed by atoms with van der Waals surface area (Å²) in [5.41, 5.74) is -0.613. The molecule has 3 aliphatic rings. The lowest BCUT2D eigenvalue weighted by Crippen LogP contribution is -2.60. The molecule has 1 aromatic carbocycles. The number of alkyl halides is 1. The van der Waals surface area contributed by atoms with E-state index in [0.717, 1.165) is 0 Å². The number of hydrogen-bond donors (Lipinski definition) is 1. The van der Waals surface area contributed by atoms with Crippen molar-refractivity contribution in [2.45, 2.75) is 55.3 Å². The topological polar surface area (TPSA) is 99.6 Å². The normalized spacial score (nSPS) is 30.0. The molecule has 0 aromatic heterocycles. The van der Waals surface area contributed by atoms with E-state index in [1.165, 1.54) is 4.90 Å². The van der Waals surface area contributed by atoms with Crippen LogP contribution < -0.4 is 9.64 Å². The molecule has 1 aromatic rings. The summed E-state index contributed by atoms with van der Waals surface area (Å²) in [6.45, 7) is 11.7. The van der Waals surface area contributed by atoms with Gasteiger partial charge in [0, 0.05) is 30.7 Å². The van der Waals surface area contributed by atoms with Gasteiger partial charge < -0.3 is 29.3 Å². The fraction of sp³-hybridized carbons (Fsp3) is 0.567. The van der Waals surface area contributed by atoms with Crippen molar-refractivity contribution in [2.24, 2.45) is 17.8 Å². The minimum atomic E-state index is -1.23. The summed E-state index contributed by atoms with van der Waals surface area (Å²) in [4.78, 5) is 47.3. The third kappa shape index (κ3) is 4.77. The van der Waals surface area contributed by atoms with Crippen LogP contribution in [0, 0.1) is 17.8 Å².